The monoisotopic (exact) mass is 285 g/mol. The molecular weight excluding hydrogens is 270 g/mol. The van der Waals surface area contributed by atoms with Crippen molar-refractivity contribution in [3.63, 3.8) is 0 Å². The Labute approximate surface area is 124 Å². The molecule has 0 spiro atoms. The molecule has 0 bridgehead atoms. The molecule has 3 heteroatoms. The molecule has 0 saturated carbocycles. The number of aryl methyl sites for hydroxylation is 1. The van der Waals surface area contributed by atoms with Crippen LogP contribution in [0.2, 0.25) is 5.02 Å². The average molecular weight is 286 g/mol. The number of carbonyl (C=O) groups is 1. The van der Waals surface area contributed by atoms with Gasteiger partial charge >= 0.3 is 0 Å². The van der Waals surface area contributed by atoms with E-state index in [4.69, 9.17) is 11.6 Å². The fraction of sp³-hybridized carbons (Fsp3) is 0.118. The van der Waals surface area contributed by atoms with Crippen molar-refractivity contribution in [1.82, 2.24) is 5.32 Å². The first-order valence-corrected chi connectivity index (χ1v) is 6.73. The number of nitrogens with one attached hydrogen (secondary N) is 1. The highest BCUT2D eigenvalue weighted by atomic mass is 35.5. The maximum Gasteiger partial charge on any atom is 0.243 e. The van der Waals surface area contributed by atoms with Crippen molar-refractivity contribution in [2.75, 3.05) is 0 Å². The lowest BCUT2D eigenvalue weighted by molar-refractivity contribution is -0.116. The summed E-state index contributed by atoms with van der Waals surface area (Å²) in [5, 5.41) is 3.49. The fourth-order valence-electron chi connectivity index (χ4n) is 2.02. The Morgan fingerprint density at radius 1 is 1.30 bits per heavy atom. The van der Waals surface area contributed by atoms with Gasteiger partial charge in [0.25, 0.3) is 0 Å². The summed E-state index contributed by atoms with van der Waals surface area (Å²) in [6.45, 7) is 5.97. The first-order valence-electron chi connectivity index (χ1n) is 6.36. The van der Waals surface area contributed by atoms with Gasteiger partial charge in [-0.3, -0.25) is 4.79 Å². The van der Waals surface area contributed by atoms with Crippen LogP contribution < -0.4 is 5.32 Å². The average Bonchev–Trinajstić information content (AvgIpc) is 2.47. The molecule has 0 saturated heterocycles. The predicted octanol–water partition coefficient (Wildman–Crippen LogP) is 4.12. The largest absolute Gasteiger partial charge is 0.348 e. The third-order valence-corrected chi connectivity index (χ3v) is 3.32. The van der Waals surface area contributed by atoms with E-state index in [2.05, 4.69) is 24.9 Å². The van der Waals surface area contributed by atoms with Crippen molar-refractivity contribution in [2.45, 2.75) is 13.5 Å². The second-order valence-corrected chi connectivity index (χ2v) is 5.02. The zero-order chi connectivity index (χ0) is 14.5. The molecule has 102 valence electrons. The highest BCUT2D eigenvalue weighted by Gasteiger charge is 2.04. The lowest BCUT2D eigenvalue weighted by Crippen LogP contribution is -2.19. The molecule has 1 N–H and O–H groups in total. The van der Waals surface area contributed by atoms with Gasteiger partial charge in [-0.25, -0.2) is 0 Å². The minimum atomic E-state index is -0.172. The van der Waals surface area contributed by atoms with Gasteiger partial charge in [0.2, 0.25) is 5.91 Å². The molecule has 0 radical (unpaired) electrons. The molecular formula is C17H16ClNO. The van der Waals surface area contributed by atoms with E-state index in [9.17, 15) is 4.79 Å². The molecule has 0 unspecified atom stereocenters. The Kier molecular flexibility index (Phi) is 4.59. The van der Waals surface area contributed by atoms with Gasteiger partial charge in [-0.05, 0) is 53.5 Å². The summed E-state index contributed by atoms with van der Waals surface area (Å²) in [5.41, 5.74) is 4.41. The second kappa shape index (κ2) is 6.40. The number of hydrogen-bond donors (Lipinski definition) is 1. The number of halogens is 1. The summed E-state index contributed by atoms with van der Waals surface area (Å²) >= 11 is 6.06. The minimum Gasteiger partial charge on any atom is -0.348 e. The van der Waals surface area contributed by atoms with Crippen LogP contribution in [-0.2, 0) is 11.3 Å². The molecule has 1 amide bonds. The summed E-state index contributed by atoms with van der Waals surface area (Å²) in [5.74, 6) is -0.172. The van der Waals surface area contributed by atoms with Crippen molar-refractivity contribution >= 4 is 17.5 Å². The maximum absolute atomic E-state index is 11.2. The van der Waals surface area contributed by atoms with Crippen LogP contribution in [0.4, 0.5) is 0 Å². The van der Waals surface area contributed by atoms with Crippen LogP contribution in [0.1, 0.15) is 11.1 Å². The van der Waals surface area contributed by atoms with E-state index in [0.717, 1.165) is 21.7 Å². The number of carbonyl (C=O) groups excluding carboxylic acids is 1. The van der Waals surface area contributed by atoms with E-state index in [-0.39, 0.29) is 5.91 Å². The zero-order valence-electron chi connectivity index (χ0n) is 11.3. The molecule has 0 heterocycles. The third kappa shape index (κ3) is 3.49. The van der Waals surface area contributed by atoms with E-state index in [1.165, 1.54) is 11.6 Å². The number of benzene rings is 2. The van der Waals surface area contributed by atoms with E-state index in [1.54, 1.807) is 0 Å². The molecule has 2 nitrogen and oxygen atoms in total. The summed E-state index contributed by atoms with van der Waals surface area (Å²) in [6, 6.07) is 13.9. The highest BCUT2D eigenvalue weighted by Crippen LogP contribution is 2.27. The van der Waals surface area contributed by atoms with E-state index in [1.807, 2.05) is 36.4 Å². The Bertz CT molecular complexity index is 649. The van der Waals surface area contributed by atoms with Gasteiger partial charge in [0, 0.05) is 11.6 Å². The van der Waals surface area contributed by atoms with Gasteiger partial charge in [0.05, 0.1) is 0 Å². The smallest absolute Gasteiger partial charge is 0.243 e. The molecule has 20 heavy (non-hydrogen) atoms. The van der Waals surface area contributed by atoms with Gasteiger partial charge in [-0.2, -0.15) is 0 Å². The summed E-state index contributed by atoms with van der Waals surface area (Å²) in [6.07, 6.45) is 1.27. The molecule has 0 aliphatic carbocycles. The van der Waals surface area contributed by atoms with Crippen LogP contribution in [0.15, 0.2) is 55.1 Å². The molecule has 0 aliphatic heterocycles. The first kappa shape index (κ1) is 14.4. The minimum absolute atomic E-state index is 0.172. The van der Waals surface area contributed by atoms with Crippen LogP contribution in [0.5, 0.6) is 0 Å². The Morgan fingerprint density at radius 3 is 2.85 bits per heavy atom. The molecule has 0 aliphatic rings. The number of hydrogen-bond acceptors (Lipinski definition) is 1. The highest BCUT2D eigenvalue weighted by molar-refractivity contribution is 6.30. The number of rotatable bonds is 4. The number of amides is 1. The molecule has 2 rings (SSSR count). The SMILES string of the molecule is C=CC(=O)NCc1cccc(-c2cc(Cl)ccc2C)c1. The summed E-state index contributed by atoms with van der Waals surface area (Å²) in [7, 11) is 0. The van der Waals surface area contributed by atoms with Gasteiger partial charge in [0.1, 0.15) is 0 Å². The van der Waals surface area contributed by atoms with Crippen molar-refractivity contribution in [3.05, 3.63) is 71.3 Å². The molecule has 0 aromatic heterocycles. The Hall–Kier alpha value is -2.06. The molecule has 2 aromatic carbocycles. The first-order chi connectivity index (χ1) is 9.60. The summed E-state index contributed by atoms with van der Waals surface area (Å²) in [4.78, 5) is 11.2. The van der Waals surface area contributed by atoms with Gasteiger partial charge in [0.15, 0.2) is 0 Å². The maximum atomic E-state index is 11.2. The van der Waals surface area contributed by atoms with E-state index < -0.39 is 0 Å². The summed E-state index contributed by atoms with van der Waals surface area (Å²) < 4.78 is 0. The van der Waals surface area contributed by atoms with Crippen LogP contribution in [0.3, 0.4) is 0 Å². The lowest BCUT2D eigenvalue weighted by Gasteiger charge is -2.09. The van der Waals surface area contributed by atoms with Gasteiger partial charge in [-0.1, -0.05) is 42.4 Å². The normalized spacial score (nSPS) is 10.1. The Morgan fingerprint density at radius 2 is 2.10 bits per heavy atom. The third-order valence-electron chi connectivity index (χ3n) is 3.09. The van der Waals surface area contributed by atoms with Crippen molar-refractivity contribution < 1.29 is 4.79 Å². The van der Waals surface area contributed by atoms with Gasteiger partial charge in [-0.15, -0.1) is 0 Å². The van der Waals surface area contributed by atoms with Gasteiger partial charge < -0.3 is 5.32 Å². The Balaban J connectivity index is 2.27. The standard InChI is InChI=1S/C17H16ClNO/c1-3-17(20)19-11-13-5-4-6-14(9-13)16-10-15(18)8-7-12(16)2/h3-10H,1,11H2,2H3,(H,19,20). The lowest BCUT2D eigenvalue weighted by atomic mass is 9.99. The molecule has 0 fully saturated rings. The van der Waals surface area contributed by atoms with Crippen LogP contribution >= 0.6 is 11.6 Å². The predicted molar refractivity (Wildman–Crippen MR) is 83.7 cm³/mol. The molecule has 0 atom stereocenters. The van der Waals surface area contributed by atoms with Crippen LogP contribution in [0.25, 0.3) is 11.1 Å². The van der Waals surface area contributed by atoms with Crippen LogP contribution in [-0.4, -0.2) is 5.91 Å². The second-order valence-electron chi connectivity index (χ2n) is 4.58. The zero-order valence-corrected chi connectivity index (χ0v) is 12.1. The fourth-order valence-corrected chi connectivity index (χ4v) is 2.19. The van der Waals surface area contributed by atoms with Crippen molar-refractivity contribution in [1.29, 1.82) is 0 Å². The molecule has 2 aromatic rings. The topological polar surface area (TPSA) is 29.1 Å². The van der Waals surface area contributed by atoms with E-state index >= 15 is 0 Å². The van der Waals surface area contributed by atoms with Crippen LogP contribution in [0, 0.1) is 6.92 Å². The van der Waals surface area contributed by atoms with E-state index in [0.29, 0.717) is 6.54 Å². The quantitative estimate of drug-likeness (QED) is 0.841. The van der Waals surface area contributed by atoms with Crippen molar-refractivity contribution in [2.24, 2.45) is 0 Å². The van der Waals surface area contributed by atoms with Crippen molar-refractivity contribution in [3.8, 4) is 11.1 Å².